The molecule has 6 aromatic rings. The second kappa shape index (κ2) is 20.0. The summed E-state index contributed by atoms with van der Waals surface area (Å²) >= 11 is 0. The number of carbonyl (C=O) groups excluding carboxylic acids is 3. The van der Waals surface area contributed by atoms with Crippen molar-refractivity contribution < 1.29 is 28.8 Å². The lowest BCUT2D eigenvalue weighted by Crippen LogP contribution is -2.45. The number of fused-ring (bicyclic) bond motifs is 4. The van der Waals surface area contributed by atoms with Gasteiger partial charge in [-0.05, 0) is 76.9 Å². The first-order valence-electron chi connectivity index (χ1n) is 20.2. The molecule has 6 aromatic carbocycles. The number of amides is 2. The standard InChI is InChI=1S/C25H22N2O5.C25H22N2O2.2CH4/c1-17-11-22(23(27(30)31)13-24(17)32-16-18-7-3-2-4-8-18)25(29)26-14-20-10-6-5-9-19(20)12-21(26)15-28;1-17-11-22-23(13-24(17)29-16-18-7-3-2-4-8-18)26-14-21-12-19-9-5-6-10-20(19)15-27(21)25(22)28;;/h2-11,13,15,21H,12,14,16H2,1H3;2-11,13-14,21H,12,15-16H2,1H3;2*1H4/t2*21-;;/m00../s1. The summed E-state index contributed by atoms with van der Waals surface area (Å²) in [5.41, 5.74) is 8.97. The smallest absolute Gasteiger partial charge is 0.285 e. The van der Waals surface area contributed by atoms with Crippen LogP contribution in [0.15, 0.2) is 138 Å². The van der Waals surface area contributed by atoms with Crippen molar-refractivity contribution in [1.82, 2.24) is 9.80 Å². The van der Waals surface area contributed by atoms with Crippen molar-refractivity contribution in [2.75, 3.05) is 0 Å². The van der Waals surface area contributed by atoms with E-state index in [4.69, 9.17) is 9.47 Å². The van der Waals surface area contributed by atoms with E-state index in [1.807, 2.05) is 121 Å². The fraction of sp³-hybridized carbons (Fsp3) is 0.231. The molecule has 3 aliphatic heterocycles. The molecule has 11 nitrogen and oxygen atoms in total. The molecule has 0 aromatic heterocycles. The molecule has 0 N–H and O–H groups in total. The number of nitro benzene ring substituents is 1. The molecule has 0 saturated carbocycles. The maximum absolute atomic E-state index is 13.4. The molecule has 2 amide bonds. The van der Waals surface area contributed by atoms with Crippen LogP contribution in [-0.4, -0.2) is 51.1 Å². The number of rotatable bonds is 9. The second-order valence-corrected chi connectivity index (χ2v) is 15.4. The van der Waals surface area contributed by atoms with Gasteiger partial charge in [-0.25, -0.2) is 0 Å². The van der Waals surface area contributed by atoms with Crippen molar-refractivity contribution in [2.24, 2.45) is 4.99 Å². The molecule has 0 unspecified atom stereocenters. The van der Waals surface area contributed by atoms with Gasteiger partial charge in [0.2, 0.25) is 0 Å². The highest BCUT2D eigenvalue weighted by molar-refractivity contribution is 6.03. The molecule has 322 valence electrons. The maximum Gasteiger partial charge on any atom is 0.285 e. The Hall–Kier alpha value is -7.40. The normalized spacial score (nSPS) is 15.6. The van der Waals surface area contributed by atoms with E-state index in [0.717, 1.165) is 46.3 Å². The van der Waals surface area contributed by atoms with Crippen molar-refractivity contribution in [3.05, 3.63) is 199 Å². The van der Waals surface area contributed by atoms with Crippen LogP contribution in [0.3, 0.4) is 0 Å². The number of ether oxygens (including phenoxy) is 2. The Bertz CT molecular complexity index is 2650. The van der Waals surface area contributed by atoms with Crippen molar-refractivity contribution in [3.8, 4) is 11.5 Å². The molecule has 3 heterocycles. The third-order valence-corrected chi connectivity index (χ3v) is 11.4. The fourth-order valence-electron chi connectivity index (χ4n) is 8.01. The predicted molar refractivity (Wildman–Crippen MR) is 246 cm³/mol. The lowest BCUT2D eigenvalue weighted by Gasteiger charge is -2.34. The summed E-state index contributed by atoms with van der Waals surface area (Å²) in [6.45, 7) is 5.30. The maximum atomic E-state index is 13.4. The van der Waals surface area contributed by atoms with Crippen LogP contribution in [-0.2, 0) is 43.9 Å². The highest BCUT2D eigenvalue weighted by atomic mass is 16.6. The van der Waals surface area contributed by atoms with Gasteiger partial charge in [0.15, 0.2) is 0 Å². The molecule has 0 aliphatic carbocycles. The summed E-state index contributed by atoms with van der Waals surface area (Å²) in [5, 5.41) is 11.8. The molecular formula is C52H52N4O7. The average Bonchev–Trinajstić information content (AvgIpc) is 3.41. The Kier molecular flexibility index (Phi) is 14.3. The van der Waals surface area contributed by atoms with Gasteiger partial charge in [-0.15, -0.1) is 0 Å². The first-order valence-corrected chi connectivity index (χ1v) is 20.2. The van der Waals surface area contributed by atoms with Gasteiger partial charge in [0, 0.05) is 31.8 Å². The minimum absolute atomic E-state index is 0. The van der Waals surface area contributed by atoms with Crippen molar-refractivity contribution >= 4 is 35.7 Å². The van der Waals surface area contributed by atoms with Crippen LogP contribution in [0.2, 0.25) is 0 Å². The van der Waals surface area contributed by atoms with Gasteiger partial charge in [-0.2, -0.15) is 0 Å². The zero-order valence-corrected chi connectivity index (χ0v) is 33.9. The number of nitro groups is 1. The van der Waals surface area contributed by atoms with Crippen LogP contribution < -0.4 is 9.47 Å². The van der Waals surface area contributed by atoms with Crippen molar-refractivity contribution in [1.29, 1.82) is 0 Å². The quantitative estimate of drug-likeness (QED) is 0.0804. The van der Waals surface area contributed by atoms with Crippen LogP contribution in [0.1, 0.15) is 80.1 Å². The SMILES string of the molecule is C.C.Cc1cc(C(=O)N2Cc3ccccc3C[C@H]2C=O)c([N+](=O)[O-])cc1OCc1ccccc1.Cc1cc2c(cc1OCc1ccccc1)N=C[C@@H]1Cc3ccccc3CN1C2=O. The molecule has 0 radical (unpaired) electrons. The number of aliphatic imine (C=N–C) groups is 1. The second-order valence-electron chi connectivity index (χ2n) is 15.4. The molecule has 11 heteroatoms. The molecular weight excluding hydrogens is 793 g/mol. The third-order valence-electron chi connectivity index (χ3n) is 11.4. The summed E-state index contributed by atoms with van der Waals surface area (Å²) in [6, 6.07) is 41.3. The van der Waals surface area contributed by atoms with Crippen LogP contribution in [0.25, 0.3) is 0 Å². The van der Waals surface area contributed by atoms with Gasteiger partial charge < -0.3 is 24.1 Å². The molecule has 2 atom stereocenters. The Balaban J connectivity index is 0.000000204. The van der Waals surface area contributed by atoms with E-state index >= 15 is 0 Å². The number of aldehydes is 1. The Labute approximate surface area is 368 Å². The van der Waals surface area contributed by atoms with Crippen LogP contribution in [0.4, 0.5) is 11.4 Å². The molecule has 9 rings (SSSR count). The zero-order chi connectivity index (χ0) is 42.5. The summed E-state index contributed by atoms with van der Waals surface area (Å²) < 4.78 is 11.8. The number of carbonyl (C=O) groups is 3. The van der Waals surface area contributed by atoms with E-state index < -0.39 is 16.9 Å². The summed E-state index contributed by atoms with van der Waals surface area (Å²) in [5.74, 6) is 0.601. The highest BCUT2D eigenvalue weighted by Crippen LogP contribution is 2.36. The average molecular weight is 845 g/mol. The number of hydrogen-bond donors (Lipinski definition) is 0. The highest BCUT2D eigenvalue weighted by Gasteiger charge is 2.35. The monoisotopic (exact) mass is 844 g/mol. The molecule has 0 fully saturated rings. The number of benzene rings is 6. The summed E-state index contributed by atoms with van der Waals surface area (Å²) in [7, 11) is 0. The molecule has 0 spiro atoms. The minimum Gasteiger partial charge on any atom is -0.489 e. The topological polar surface area (TPSA) is 132 Å². The van der Waals surface area contributed by atoms with Gasteiger partial charge >= 0.3 is 0 Å². The molecule has 63 heavy (non-hydrogen) atoms. The predicted octanol–water partition coefficient (Wildman–Crippen LogP) is 10.4. The van der Waals surface area contributed by atoms with Gasteiger partial charge in [-0.1, -0.05) is 124 Å². The lowest BCUT2D eigenvalue weighted by atomic mass is 9.93. The van der Waals surface area contributed by atoms with E-state index in [1.165, 1.54) is 28.2 Å². The van der Waals surface area contributed by atoms with E-state index in [0.29, 0.717) is 42.1 Å². The number of nitrogens with zero attached hydrogens (tertiary/aromatic N) is 4. The largest absolute Gasteiger partial charge is 0.489 e. The summed E-state index contributed by atoms with van der Waals surface area (Å²) in [6.07, 6.45) is 3.83. The molecule has 3 aliphatic rings. The summed E-state index contributed by atoms with van der Waals surface area (Å²) in [4.78, 5) is 57.7. The minimum atomic E-state index is -0.675. The molecule has 0 saturated heterocycles. The van der Waals surface area contributed by atoms with Crippen LogP contribution in [0, 0.1) is 24.0 Å². The van der Waals surface area contributed by atoms with E-state index in [9.17, 15) is 24.5 Å². The lowest BCUT2D eigenvalue weighted by molar-refractivity contribution is -0.385. The number of hydrogen-bond acceptors (Lipinski definition) is 8. The van der Waals surface area contributed by atoms with Crippen molar-refractivity contribution in [2.45, 2.75) is 79.9 Å². The fourth-order valence-corrected chi connectivity index (χ4v) is 8.01. The third kappa shape index (κ3) is 9.89. The first-order chi connectivity index (χ1) is 29.7. The Morgan fingerprint density at radius 3 is 1.84 bits per heavy atom. The van der Waals surface area contributed by atoms with E-state index in [2.05, 4.69) is 23.2 Å². The number of aryl methyl sites for hydroxylation is 2. The van der Waals surface area contributed by atoms with E-state index in [-0.39, 0.29) is 51.2 Å². The van der Waals surface area contributed by atoms with Gasteiger partial charge in [0.05, 0.1) is 34.3 Å². The van der Waals surface area contributed by atoms with E-state index in [1.54, 1.807) is 6.92 Å². The Morgan fingerprint density at radius 2 is 1.25 bits per heavy atom. The Morgan fingerprint density at radius 1 is 0.730 bits per heavy atom. The molecule has 0 bridgehead atoms. The van der Waals surface area contributed by atoms with Crippen molar-refractivity contribution in [3.63, 3.8) is 0 Å². The van der Waals surface area contributed by atoms with Gasteiger partial charge in [0.25, 0.3) is 17.5 Å². The van der Waals surface area contributed by atoms with Crippen LogP contribution in [0.5, 0.6) is 11.5 Å². The van der Waals surface area contributed by atoms with Crippen LogP contribution >= 0.6 is 0 Å². The van der Waals surface area contributed by atoms with Gasteiger partial charge in [-0.3, -0.25) is 24.7 Å². The first kappa shape index (κ1) is 45.1. The van der Waals surface area contributed by atoms with Gasteiger partial charge in [0.1, 0.15) is 36.6 Å². The zero-order valence-electron chi connectivity index (χ0n) is 33.9.